The molecule has 1 heterocycles. The van der Waals surface area contributed by atoms with Crippen molar-refractivity contribution in [2.24, 2.45) is 0 Å². The quantitative estimate of drug-likeness (QED) is 0.589. The number of halogens is 1. The molecule has 0 saturated heterocycles. The minimum atomic E-state index is -0.0147. The first-order chi connectivity index (χ1) is 11.0. The van der Waals surface area contributed by atoms with E-state index in [4.69, 9.17) is 0 Å². The summed E-state index contributed by atoms with van der Waals surface area (Å²) in [7, 11) is 0. The van der Waals surface area contributed by atoms with E-state index in [1.807, 2.05) is 50.2 Å². The normalized spacial score (nSPS) is 10.9. The molecule has 2 aromatic carbocycles. The van der Waals surface area contributed by atoms with E-state index in [1.54, 1.807) is 11.3 Å². The van der Waals surface area contributed by atoms with Gasteiger partial charge in [-0.15, -0.1) is 11.3 Å². The van der Waals surface area contributed by atoms with Crippen LogP contribution in [0.1, 0.15) is 11.1 Å². The summed E-state index contributed by atoms with van der Waals surface area (Å²) >= 11 is 6.59. The van der Waals surface area contributed by atoms with Crippen molar-refractivity contribution < 1.29 is 4.79 Å². The molecule has 0 fully saturated rings. The van der Waals surface area contributed by atoms with Crippen molar-refractivity contribution >= 4 is 60.8 Å². The van der Waals surface area contributed by atoms with Gasteiger partial charge in [0.2, 0.25) is 5.91 Å². The summed E-state index contributed by atoms with van der Waals surface area (Å²) < 4.78 is 3.12. The average molecular weight is 407 g/mol. The third-order valence-electron chi connectivity index (χ3n) is 3.60. The second kappa shape index (κ2) is 7.03. The van der Waals surface area contributed by atoms with Crippen LogP contribution in [0.3, 0.4) is 0 Å². The van der Waals surface area contributed by atoms with Gasteiger partial charge in [-0.1, -0.05) is 39.8 Å². The molecule has 0 spiro atoms. The van der Waals surface area contributed by atoms with E-state index < -0.39 is 0 Å². The fraction of sp³-hybridized carbons (Fsp3) is 0.176. The van der Waals surface area contributed by atoms with Crippen LogP contribution in [0.2, 0.25) is 0 Å². The minimum Gasteiger partial charge on any atom is -0.325 e. The highest BCUT2D eigenvalue weighted by atomic mass is 79.9. The summed E-state index contributed by atoms with van der Waals surface area (Å²) in [5.41, 5.74) is 4.07. The molecule has 0 radical (unpaired) electrons. The van der Waals surface area contributed by atoms with Crippen LogP contribution in [0.25, 0.3) is 10.2 Å². The number of nitrogens with one attached hydrogen (secondary N) is 1. The first kappa shape index (κ1) is 16.5. The maximum Gasteiger partial charge on any atom is 0.234 e. The molecule has 23 heavy (non-hydrogen) atoms. The van der Waals surface area contributed by atoms with Gasteiger partial charge in [0.15, 0.2) is 4.34 Å². The first-order valence-corrected chi connectivity index (χ1v) is 9.68. The summed E-state index contributed by atoms with van der Waals surface area (Å²) in [4.78, 5) is 16.7. The Labute approximate surface area is 151 Å². The molecule has 1 amide bonds. The van der Waals surface area contributed by atoms with Crippen molar-refractivity contribution in [3.05, 3.63) is 52.0 Å². The second-order valence-electron chi connectivity index (χ2n) is 5.13. The van der Waals surface area contributed by atoms with E-state index in [-0.39, 0.29) is 5.91 Å². The molecule has 1 aromatic heterocycles. The number of amides is 1. The van der Waals surface area contributed by atoms with Crippen LogP contribution < -0.4 is 5.32 Å². The predicted octanol–water partition coefficient (Wildman–Crippen LogP) is 5.41. The smallest absolute Gasteiger partial charge is 0.234 e. The summed E-state index contributed by atoms with van der Waals surface area (Å²) in [6, 6.07) is 11.9. The van der Waals surface area contributed by atoms with Gasteiger partial charge in [-0.3, -0.25) is 4.79 Å². The first-order valence-electron chi connectivity index (χ1n) is 7.08. The van der Waals surface area contributed by atoms with Gasteiger partial charge in [-0.25, -0.2) is 4.98 Å². The standard InChI is InChI=1S/C17H15BrN2OS2/c1-10-11(2)13(8-7-12(10)18)19-16(21)9-22-17-20-14-5-3-4-6-15(14)23-17/h3-8H,9H2,1-2H3,(H,19,21). The lowest BCUT2D eigenvalue weighted by molar-refractivity contribution is -0.113. The zero-order valence-electron chi connectivity index (χ0n) is 12.7. The molecule has 3 aromatic rings. The largest absolute Gasteiger partial charge is 0.325 e. The van der Waals surface area contributed by atoms with Gasteiger partial charge >= 0.3 is 0 Å². The van der Waals surface area contributed by atoms with Gasteiger partial charge in [0.25, 0.3) is 0 Å². The van der Waals surface area contributed by atoms with Crippen LogP contribution in [-0.2, 0) is 4.79 Å². The molecule has 3 nitrogen and oxygen atoms in total. The third kappa shape index (κ3) is 3.76. The number of thioether (sulfide) groups is 1. The van der Waals surface area contributed by atoms with Gasteiger partial charge in [0, 0.05) is 10.2 Å². The Morgan fingerprint density at radius 1 is 1.22 bits per heavy atom. The number of aromatic nitrogens is 1. The molecule has 0 aliphatic rings. The summed E-state index contributed by atoms with van der Waals surface area (Å²) in [5, 5.41) is 2.98. The number of carbonyl (C=O) groups is 1. The van der Waals surface area contributed by atoms with Gasteiger partial charge < -0.3 is 5.32 Å². The van der Waals surface area contributed by atoms with E-state index in [0.717, 1.165) is 35.8 Å². The molecule has 0 saturated carbocycles. The molecule has 6 heteroatoms. The Balaban J connectivity index is 1.64. The Morgan fingerprint density at radius 2 is 2.00 bits per heavy atom. The van der Waals surface area contributed by atoms with Crippen molar-refractivity contribution in [2.45, 2.75) is 18.2 Å². The van der Waals surface area contributed by atoms with Crippen LogP contribution in [0, 0.1) is 13.8 Å². The number of fused-ring (bicyclic) bond motifs is 1. The zero-order chi connectivity index (χ0) is 16.4. The molecular formula is C17H15BrN2OS2. The third-order valence-corrected chi connectivity index (χ3v) is 6.63. The number of benzene rings is 2. The van der Waals surface area contributed by atoms with Crippen molar-refractivity contribution in [3.8, 4) is 0 Å². The number of nitrogens with zero attached hydrogens (tertiary/aromatic N) is 1. The zero-order valence-corrected chi connectivity index (χ0v) is 15.9. The van der Waals surface area contributed by atoms with Gasteiger partial charge in [-0.2, -0.15) is 0 Å². The van der Waals surface area contributed by atoms with Crippen molar-refractivity contribution in [3.63, 3.8) is 0 Å². The van der Waals surface area contributed by atoms with E-state index in [0.29, 0.717) is 5.75 Å². The summed E-state index contributed by atoms with van der Waals surface area (Å²) in [6.45, 7) is 4.04. The van der Waals surface area contributed by atoms with Gasteiger partial charge in [0.05, 0.1) is 16.0 Å². The fourth-order valence-corrected chi connectivity index (χ4v) is 4.45. The Kier molecular flexibility index (Phi) is 5.04. The van der Waals surface area contributed by atoms with Crippen LogP contribution in [0.15, 0.2) is 45.2 Å². The highest BCUT2D eigenvalue weighted by Gasteiger charge is 2.10. The maximum absolute atomic E-state index is 12.2. The molecule has 0 atom stereocenters. The van der Waals surface area contributed by atoms with Crippen molar-refractivity contribution in [2.75, 3.05) is 11.1 Å². The van der Waals surface area contributed by atoms with E-state index in [9.17, 15) is 4.79 Å². The molecule has 0 aliphatic carbocycles. The topological polar surface area (TPSA) is 42.0 Å². The van der Waals surface area contributed by atoms with Crippen molar-refractivity contribution in [1.82, 2.24) is 4.98 Å². The number of hydrogen-bond donors (Lipinski definition) is 1. The average Bonchev–Trinajstić information content (AvgIpc) is 2.96. The van der Waals surface area contributed by atoms with Gasteiger partial charge in [0.1, 0.15) is 0 Å². The lowest BCUT2D eigenvalue weighted by Crippen LogP contribution is -2.15. The van der Waals surface area contributed by atoms with E-state index in [2.05, 4.69) is 26.2 Å². The fourth-order valence-electron chi connectivity index (χ4n) is 2.15. The van der Waals surface area contributed by atoms with Crippen LogP contribution in [0.4, 0.5) is 5.69 Å². The molecule has 1 N–H and O–H groups in total. The highest BCUT2D eigenvalue weighted by molar-refractivity contribution is 9.10. The molecule has 0 bridgehead atoms. The number of thiazole rings is 1. The van der Waals surface area contributed by atoms with E-state index >= 15 is 0 Å². The lowest BCUT2D eigenvalue weighted by Gasteiger charge is -2.11. The maximum atomic E-state index is 12.2. The monoisotopic (exact) mass is 406 g/mol. The highest BCUT2D eigenvalue weighted by Crippen LogP contribution is 2.30. The lowest BCUT2D eigenvalue weighted by atomic mass is 10.1. The molecule has 3 rings (SSSR count). The molecule has 0 aliphatic heterocycles. The molecule has 118 valence electrons. The van der Waals surface area contributed by atoms with Crippen LogP contribution >= 0.6 is 39.0 Å². The number of carbonyl (C=O) groups excluding carboxylic acids is 1. The SMILES string of the molecule is Cc1c(Br)ccc(NC(=O)CSc2nc3ccccc3s2)c1C. The summed E-state index contributed by atoms with van der Waals surface area (Å²) in [5.74, 6) is 0.341. The molecule has 0 unspecified atom stereocenters. The number of rotatable bonds is 4. The Bertz CT molecular complexity index is 843. The molecular weight excluding hydrogens is 392 g/mol. The van der Waals surface area contributed by atoms with Crippen LogP contribution in [0.5, 0.6) is 0 Å². The number of hydrogen-bond acceptors (Lipinski definition) is 4. The van der Waals surface area contributed by atoms with Gasteiger partial charge in [-0.05, 0) is 49.2 Å². The second-order valence-corrected chi connectivity index (χ2v) is 8.24. The minimum absolute atomic E-state index is 0.0147. The number of anilines is 1. The Hall–Kier alpha value is -1.37. The van der Waals surface area contributed by atoms with E-state index in [1.165, 1.54) is 11.8 Å². The number of para-hydroxylation sites is 1. The summed E-state index contributed by atoms with van der Waals surface area (Å²) in [6.07, 6.45) is 0. The van der Waals surface area contributed by atoms with Crippen LogP contribution in [-0.4, -0.2) is 16.6 Å². The predicted molar refractivity (Wildman–Crippen MR) is 103 cm³/mol. The van der Waals surface area contributed by atoms with Crippen molar-refractivity contribution in [1.29, 1.82) is 0 Å². The Morgan fingerprint density at radius 3 is 2.78 bits per heavy atom.